The molecule has 0 aliphatic carbocycles. The normalized spacial score (nSPS) is 10.4. The zero-order chi connectivity index (χ0) is 15.6. The quantitative estimate of drug-likeness (QED) is 0.530. The average molecular weight is 306 g/mol. The number of nitrogen functional groups attached to an aromatic ring is 1. The molecule has 8 heteroatoms. The Hall–Kier alpha value is -2.48. The van der Waals surface area contributed by atoms with E-state index >= 15 is 0 Å². The van der Waals surface area contributed by atoms with Crippen LogP contribution in [0.25, 0.3) is 0 Å². The number of aryl methyl sites for hydroxylation is 1. The van der Waals surface area contributed by atoms with Crippen LogP contribution in [-0.2, 0) is 6.54 Å². The molecular weight excluding hydrogens is 292 g/mol. The lowest BCUT2D eigenvalue weighted by Gasteiger charge is -2.17. The monoisotopic (exact) mass is 306 g/mol. The number of nitro groups is 1. The number of benzene rings is 1. The van der Waals surface area contributed by atoms with Crippen LogP contribution in [0, 0.1) is 17.0 Å². The van der Waals surface area contributed by atoms with Crippen molar-refractivity contribution in [1.29, 1.82) is 0 Å². The van der Waals surface area contributed by atoms with Crippen molar-refractivity contribution in [3.8, 4) is 0 Å². The Morgan fingerprint density at radius 1 is 1.52 bits per heavy atom. The Bertz CT molecular complexity index is 698. The molecule has 1 amide bonds. The summed E-state index contributed by atoms with van der Waals surface area (Å²) in [6, 6.07) is 3.85. The first-order valence-corrected chi connectivity index (χ1v) is 6.96. The summed E-state index contributed by atoms with van der Waals surface area (Å²) in [6.45, 7) is 2.25. The van der Waals surface area contributed by atoms with Gasteiger partial charge in [-0.15, -0.1) is 11.3 Å². The lowest BCUT2D eigenvalue weighted by atomic mass is 10.1. The second-order valence-corrected chi connectivity index (χ2v) is 5.49. The molecule has 0 bridgehead atoms. The number of anilines is 1. The van der Waals surface area contributed by atoms with Crippen LogP contribution >= 0.6 is 11.3 Å². The molecule has 2 rings (SSSR count). The molecule has 0 aliphatic heterocycles. The summed E-state index contributed by atoms with van der Waals surface area (Å²) >= 11 is 1.46. The summed E-state index contributed by atoms with van der Waals surface area (Å²) in [4.78, 5) is 29.2. The van der Waals surface area contributed by atoms with Gasteiger partial charge in [0.15, 0.2) is 0 Å². The van der Waals surface area contributed by atoms with Crippen molar-refractivity contribution in [3.05, 3.63) is 50.0 Å². The molecule has 0 spiro atoms. The number of hydrogen-bond acceptors (Lipinski definition) is 6. The van der Waals surface area contributed by atoms with Gasteiger partial charge in [0, 0.05) is 29.7 Å². The van der Waals surface area contributed by atoms with Gasteiger partial charge >= 0.3 is 0 Å². The van der Waals surface area contributed by atoms with E-state index in [0.29, 0.717) is 6.54 Å². The highest BCUT2D eigenvalue weighted by Crippen LogP contribution is 2.22. The Balaban J connectivity index is 2.25. The zero-order valence-corrected chi connectivity index (χ0v) is 12.4. The molecule has 7 nitrogen and oxygen atoms in total. The van der Waals surface area contributed by atoms with Crippen molar-refractivity contribution in [2.75, 3.05) is 12.8 Å². The van der Waals surface area contributed by atoms with Gasteiger partial charge in [-0.1, -0.05) is 0 Å². The molecule has 0 radical (unpaired) electrons. The molecule has 0 aliphatic rings. The number of non-ortho nitro benzene ring substituents is 1. The SMILES string of the molecule is Cc1ncsc1CN(C)C(=O)c1cc([N+](=O)[O-])ccc1N. The van der Waals surface area contributed by atoms with E-state index in [0.717, 1.165) is 10.6 Å². The van der Waals surface area contributed by atoms with Gasteiger partial charge in [0.05, 0.1) is 28.2 Å². The standard InChI is InChI=1S/C13H14N4O3S/c1-8-12(21-7-15-8)6-16(2)13(18)10-5-9(17(19)20)3-4-11(10)14/h3-5,7H,6,14H2,1-2H3. The van der Waals surface area contributed by atoms with Gasteiger partial charge in [-0.05, 0) is 13.0 Å². The van der Waals surface area contributed by atoms with Gasteiger partial charge in [-0.3, -0.25) is 14.9 Å². The Labute approximate surface area is 125 Å². The number of nitrogens with zero attached hydrogens (tertiary/aromatic N) is 3. The Kier molecular flexibility index (Phi) is 4.18. The topological polar surface area (TPSA) is 102 Å². The van der Waals surface area contributed by atoms with Crippen molar-refractivity contribution >= 4 is 28.6 Å². The summed E-state index contributed by atoms with van der Waals surface area (Å²) in [7, 11) is 1.62. The van der Waals surface area contributed by atoms with Gasteiger partial charge < -0.3 is 10.6 Å². The summed E-state index contributed by atoms with van der Waals surface area (Å²) < 4.78 is 0. The van der Waals surface area contributed by atoms with E-state index in [1.165, 1.54) is 34.4 Å². The number of thiazole rings is 1. The van der Waals surface area contributed by atoms with Gasteiger partial charge in [0.2, 0.25) is 0 Å². The molecule has 0 unspecified atom stereocenters. The zero-order valence-electron chi connectivity index (χ0n) is 11.6. The predicted molar refractivity (Wildman–Crippen MR) is 80.2 cm³/mol. The van der Waals surface area contributed by atoms with E-state index in [1.54, 1.807) is 12.6 Å². The molecular formula is C13H14N4O3S. The molecule has 0 saturated heterocycles. The third-order valence-corrected chi connectivity index (χ3v) is 3.97. The van der Waals surface area contributed by atoms with Crippen LogP contribution in [0.2, 0.25) is 0 Å². The minimum atomic E-state index is -0.552. The number of aromatic nitrogens is 1. The minimum absolute atomic E-state index is 0.133. The smallest absolute Gasteiger partial charge is 0.270 e. The summed E-state index contributed by atoms with van der Waals surface area (Å²) in [5, 5.41) is 10.8. The highest BCUT2D eigenvalue weighted by molar-refractivity contribution is 7.09. The van der Waals surface area contributed by atoms with Crippen molar-refractivity contribution in [2.45, 2.75) is 13.5 Å². The van der Waals surface area contributed by atoms with E-state index in [2.05, 4.69) is 4.98 Å². The Morgan fingerprint density at radius 3 is 2.81 bits per heavy atom. The maximum Gasteiger partial charge on any atom is 0.270 e. The molecule has 2 N–H and O–H groups in total. The molecule has 1 aromatic carbocycles. The van der Waals surface area contributed by atoms with E-state index < -0.39 is 4.92 Å². The van der Waals surface area contributed by atoms with E-state index in [9.17, 15) is 14.9 Å². The van der Waals surface area contributed by atoms with Crippen molar-refractivity contribution in [3.63, 3.8) is 0 Å². The fourth-order valence-electron chi connectivity index (χ4n) is 1.81. The van der Waals surface area contributed by atoms with Gasteiger partial charge in [0.25, 0.3) is 11.6 Å². The Morgan fingerprint density at radius 2 is 2.24 bits per heavy atom. The van der Waals surface area contributed by atoms with Crippen molar-refractivity contribution < 1.29 is 9.72 Å². The van der Waals surface area contributed by atoms with Crippen molar-refractivity contribution in [2.24, 2.45) is 0 Å². The molecule has 1 aromatic heterocycles. The molecule has 21 heavy (non-hydrogen) atoms. The van der Waals surface area contributed by atoms with Crippen LogP contribution in [0.1, 0.15) is 20.9 Å². The summed E-state index contributed by atoms with van der Waals surface area (Å²) in [5.74, 6) is -0.357. The van der Waals surface area contributed by atoms with Crippen LogP contribution in [-0.4, -0.2) is 27.8 Å². The fraction of sp³-hybridized carbons (Fsp3) is 0.231. The maximum absolute atomic E-state index is 12.4. The number of hydrogen-bond donors (Lipinski definition) is 1. The first kappa shape index (κ1) is 14.9. The second kappa shape index (κ2) is 5.88. The van der Waals surface area contributed by atoms with Crippen LogP contribution in [0.3, 0.4) is 0 Å². The van der Waals surface area contributed by atoms with Crippen LogP contribution in [0.5, 0.6) is 0 Å². The minimum Gasteiger partial charge on any atom is -0.398 e. The largest absolute Gasteiger partial charge is 0.398 e. The molecule has 2 aromatic rings. The second-order valence-electron chi connectivity index (χ2n) is 4.55. The number of nitro benzene ring substituents is 1. The number of carbonyl (C=O) groups excluding carboxylic acids is 1. The van der Waals surface area contributed by atoms with E-state index in [1.807, 2.05) is 6.92 Å². The van der Waals surface area contributed by atoms with Crippen LogP contribution < -0.4 is 5.73 Å². The van der Waals surface area contributed by atoms with Crippen molar-refractivity contribution in [1.82, 2.24) is 9.88 Å². The third kappa shape index (κ3) is 3.16. The molecule has 0 fully saturated rings. The maximum atomic E-state index is 12.4. The number of amides is 1. The number of carbonyl (C=O) groups is 1. The van der Waals surface area contributed by atoms with E-state index in [4.69, 9.17) is 5.73 Å². The highest BCUT2D eigenvalue weighted by Gasteiger charge is 2.19. The summed E-state index contributed by atoms with van der Waals surface area (Å²) in [6.07, 6.45) is 0. The number of nitrogens with two attached hydrogens (primary N) is 1. The molecule has 1 heterocycles. The van der Waals surface area contributed by atoms with Gasteiger partial charge in [0.1, 0.15) is 0 Å². The average Bonchev–Trinajstić information content (AvgIpc) is 2.83. The van der Waals surface area contributed by atoms with Gasteiger partial charge in [-0.25, -0.2) is 4.98 Å². The summed E-state index contributed by atoms with van der Waals surface area (Å²) in [5.41, 5.74) is 8.53. The third-order valence-electron chi connectivity index (χ3n) is 3.05. The highest BCUT2D eigenvalue weighted by atomic mass is 32.1. The van der Waals surface area contributed by atoms with Gasteiger partial charge in [-0.2, -0.15) is 0 Å². The first-order valence-electron chi connectivity index (χ1n) is 6.08. The lowest BCUT2D eigenvalue weighted by molar-refractivity contribution is -0.384. The lowest BCUT2D eigenvalue weighted by Crippen LogP contribution is -2.27. The molecule has 0 saturated carbocycles. The van der Waals surface area contributed by atoms with Crippen LogP contribution in [0.15, 0.2) is 23.7 Å². The fourth-order valence-corrected chi connectivity index (χ4v) is 2.64. The predicted octanol–water partition coefficient (Wildman–Crippen LogP) is 2.21. The first-order chi connectivity index (χ1) is 9.90. The van der Waals surface area contributed by atoms with E-state index in [-0.39, 0.29) is 22.8 Å². The molecule has 110 valence electrons. The number of rotatable bonds is 4. The molecule has 0 atom stereocenters. The van der Waals surface area contributed by atoms with Crippen LogP contribution in [0.4, 0.5) is 11.4 Å².